The fraction of sp³-hybridized carbons (Fsp3) is 0.263. The number of carbonyl (C=O) groups excluding carboxylic acids is 2. The maximum absolute atomic E-state index is 12.4. The molecule has 0 saturated carbocycles. The molecule has 0 bridgehead atoms. The zero-order chi connectivity index (χ0) is 20.5. The summed E-state index contributed by atoms with van der Waals surface area (Å²) >= 11 is 1.32. The zero-order valence-electron chi connectivity index (χ0n) is 15.2. The molecule has 0 radical (unpaired) electrons. The number of alkyl halides is 2. The standard InChI is InChI=1S/C19H19F2NO5S/c1-25-16-9-12(7-8-15(16)27-19(20)21)10-28-11-17(23)22-14-6-4-3-5-13(14)18(24)26-2/h3-9,19H,10-11H2,1-2H3,(H,22,23). The molecule has 0 unspecified atom stereocenters. The van der Waals surface area contributed by atoms with E-state index in [2.05, 4.69) is 14.8 Å². The number of anilines is 1. The van der Waals surface area contributed by atoms with E-state index in [0.717, 1.165) is 5.56 Å². The highest BCUT2D eigenvalue weighted by atomic mass is 32.2. The fourth-order valence-corrected chi connectivity index (χ4v) is 3.10. The van der Waals surface area contributed by atoms with Crippen molar-refractivity contribution in [3.05, 3.63) is 53.6 Å². The Balaban J connectivity index is 1.92. The molecule has 0 aromatic heterocycles. The van der Waals surface area contributed by atoms with Gasteiger partial charge in [-0.25, -0.2) is 4.79 Å². The number of carbonyl (C=O) groups is 2. The number of rotatable bonds is 9. The Morgan fingerprint density at radius 2 is 1.86 bits per heavy atom. The molecule has 2 aromatic rings. The lowest BCUT2D eigenvalue weighted by atomic mass is 10.2. The second-order valence-electron chi connectivity index (χ2n) is 5.44. The first kappa shape index (κ1) is 21.5. The molecule has 0 fully saturated rings. The van der Waals surface area contributed by atoms with Gasteiger partial charge in [-0.3, -0.25) is 4.79 Å². The number of hydrogen-bond acceptors (Lipinski definition) is 6. The molecule has 1 N–H and O–H groups in total. The van der Waals surface area contributed by atoms with Gasteiger partial charge in [0.2, 0.25) is 5.91 Å². The topological polar surface area (TPSA) is 73.9 Å². The van der Waals surface area contributed by atoms with Crippen molar-refractivity contribution in [2.75, 3.05) is 25.3 Å². The molecular formula is C19H19F2NO5S. The average molecular weight is 411 g/mol. The smallest absolute Gasteiger partial charge is 0.387 e. The van der Waals surface area contributed by atoms with Crippen molar-refractivity contribution in [1.29, 1.82) is 0 Å². The first-order chi connectivity index (χ1) is 13.4. The van der Waals surface area contributed by atoms with Crippen LogP contribution in [0.3, 0.4) is 0 Å². The number of nitrogens with one attached hydrogen (secondary N) is 1. The molecule has 0 aliphatic heterocycles. The third-order valence-corrected chi connectivity index (χ3v) is 4.56. The summed E-state index contributed by atoms with van der Waals surface area (Å²) in [4.78, 5) is 23.9. The van der Waals surface area contributed by atoms with Crippen molar-refractivity contribution in [2.24, 2.45) is 0 Å². The van der Waals surface area contributed by atoms with Crippen LogP contribution >= 0.6 is 11.8 Å². The van der Waals surface area contributed by atoms with Crippen LogP contribution in [-0.2, 0) is 15.3 Å². The van der Waals surface area contributed by atoms with Gasteiger partial charge in [0.25, 0.3) is 0 Å². The van der Waals surface area contributed by atoms with Crippen LogP contribution in [0, 0.1) is 0 Å². The largest absolute Gasteiger partial charge is 0.493 e. The highest BCUT2D eigenvalue weighted by Gasteiger charge is 2.14. The van der Waals surface area contributed by atoms with Gasteiger partial charge >= 0.3 is 12.6 Å². The highest BCUT2D eigenvalue weighted by molar-refractivity contribution is 7.99. The summed E-state index contributed by atoms with van der Waals surface area (Å²) in [5, 5.41) is 2.68. The maximum Gasteiger partial charge on any atom is 0.387 e. The van der Waals surface area contributed by atoms with Gasteiger partial charge in [-0.05, 0) is 29.8 Å². The van der Waals surface area contributed by atoms with E-state index < -0.39 is 12.6 Å². The maximum atomic E-state index is 12.4. The van der Waals surface area contributed by atoms with Crippen LogP contribution in [0.15, 0.2) is 42.5 Å². The third kappa shape index (κ3) is 6.12. The number of hydrogen-bond donors (Lipinski definition) is 1. The summed E-state index contributed by atoms with van der Waals surface area (Å²) in [5.41, 5.74) is 1.42. The minimum Gasteiger partial charge on any atom is -0.493 e. The van der Waals surface area contributed by atoms with E-state index in [1.165, 1.54) is 32.0 Å². The zero-order valence-corrected chi connectivity index (χ0v) is 16.1. The van der Waals surface area contributed by atoms with Crippen LogP contribution in [-0.4, -0.2) is 38.5 Å². The number of ether oxygens (including phenoxy) is 3. The molecule has 0 aliphatic rings. The monoisotopic (exact) mass is 411 g/mol. The Kier molecular flexibility index (Phi) is 8.06. The summed E-state index contributed by atoms with van der Waals surface area (Å²) < 4.78 is 38.8. The second-order valence-corrected chi connectivity index (χ2v) is 6.43. The Bertz CT molecular complexity index is 832. The number of benzene rings is 2. The quantitative estimate of drug-likeness (QED) is 0.630. The van der Waals surface area contributed by atoms with Crippen LogP contribution in [0.2, 0.25) is 0 Å². The summed E-state index contributed by atoms with van der Waals surface area (Å²) in [6.45, 7) is -2.94. The van der Waals surface area contributed by atoms with E-state index in [4.69, 9.17) is 4.74 Å². The van der Waals surface area contributed by atoms with E-state index in [-0.39, 0.29) is 28.7 Å². The minimum absolute atomic E-state index is 0.0524. The number of esters is 1. The first-order valence-corrected chi connectivity index (χ1v) is 9.26. The normalized spacial score (nSPS) is 10.5. The van der Waals surface area contributed by atoms with Crippen LogP contribution in [0.25, 0.3) is 0 Å². The van der Waals surface area contributed by atoms with Crippen molar-refractivity contribution < 1.29 is 32.6 Å². The summed E-state index contributed by atoms with van der Waals surface area (Å²) in [5.74, 6) is -0.101. The molecule has 9 heteroatoms. The molecule has 150 valence electrons. The molecule has 0 saturated heterocycles. The van der Waals surface area contributed by atoms with Gasteiger partial charge in [0.05, 0.1) is 31.2 Å². The van der Waals surface area contributed by atoms with E-state index >= 15 is 0 Å². The minimum atomic E-state index is -2.94. The lowest BCUT2D eigenvalue weighted by molar-refractivity contribution is -0.113. The Hall–Kier alpha value is -2.81. The lowest BCUT2D eigenvalue weighted by Gasteiger charge is -2.12. The third-order valence-electron chi connectivity index (χ3n) is 3.55. The van der Waals surface area contributed by atoms with Gasteiger partial charge in [-0.2, -0.15) is 8.78 Å². The average Bonchev–Trinajstić information content (AvgIpc) is 2.68. The van der Waals surface area contributed by atoms with E-state index in [1.54, 1.807) is 36.4 Å². The molecule has 28 heavy (non-hydrogen) atoms. The van der Waals surface area contributed by atoms with Gasteiger partial charge in [0, 0.05) is 5.75 Å². The number of halogens is 2. The van der Waals surface area contributed by atoms with Crippen LogP contribution in [0.5, 0.6) is 11.5 Å². The Morgan fingerprint density at radius 1 is 1.11 bits per heavy atom. The van der Waals surface area contributed by atoms with E-state index in [1.807, 2.05) is 0 Å². The van der Waals surface area contributed by atoms with Crippen molar-refractivity contribution in [1.82, 2.24) is 0 Å². The summed E-state index contributed by atoms with van der Waals surface area (Å²) in [7, 11) is 2.62. The molecule has 0 spiro atoms. The summed E-state index contributed by atoms with van der Waals surface area (Å²) in [6, 6.07) is 11.1. The molecule has 2 aromatic carbocycles. The SMILES string of the molecule is COC(=O)c1ccccc1NC(=O)CSCc1ccc(OC(F)F)c(OC)c1. The second kappa shape index (κ2) is 10.5. The van der Waals surface area contributed by atoms with Crippen LogP contribution in [0.4, 0.5) is 14.5 Å². The van der Waals surface area contributed by atoms with Gasteiger partial charge in [-0.1, -0.05) is 18.2 Å². The molecule has 2 rings (SSSR count). The van der Waals surface area contributed by atoms with Gasteiger partial charge in [0.15, 0.2) is 11.5 Å². The van der Waals surface area contributed by atoms with E-state index in [0.29, 0.717) is 11.4 Å². The molecule has 0 heterocycles. The Morgan fingerprint density at radius 3 is 2.54 bits per heavy atom. The number of para-hydroxylation sites is 1. The number of amides is 1. The van der Waals surface area contributed by atoms with E-state index in [9.17, 15) is 18.4 Å². The fourth-order valence-electron chi connectivity index (χ4n) is 2.32. The van der Waals surface area contributed by atoms with Gasteiger partial charge < -0.3 is 19.5 Å². The predicted molar refractivity (Wildman–Crippen MR) is 102 cm³/mol. The van der Waals surface area contributed by atoms with Crippen LogP contribution in [0.1, 0.15) is 15.9 Å². The van der Waals surface area contributed by atoms with Crippen molar-refractivity contribution in [3.8, 4) is 11.5 Å². The first-order valence-electron chi connectivity index (χ1n) is 8.11. The molecule has 0 atom stereocenters. The van der Waals surface area contributed by atoms with Crippen molar-refractivity contribution in [3.63, 3.8) is 0 Å². The molecule has 0 aliphatic carbocycles. The molecular weight excluding hydrogens is 392 g/mol. The highest BCUT2D eigenvalue weighted by Crippen LogP contribution is 2.30. The van der Waals surface area contributed by atoms with Crippen LogP contribution < -0.4 is 14.8 Å². The molecule has 6 nitrogen and oxygen atoms in total. The van der Waals surface area contributed by atoms with Crippen molar-refractivity contribution >= 4 is 29.3 Å². The summed E-state index contributed by atoms with van der Waals surface area (Å²) in [6.07, 6.45) is 0. The van der Waals surface area contributed by atoms with Crippen molar-refractivity contribution in [2.45, 2.75) is 12.4 Å². The lowest BCUT2D eigenvalue weighted by Crippen LogP contribution is -2.17. The molecule has 1 amide bonds. The van der Waals surface area contributed by atoms with Gasteiger partial charge in [0.1, 0.15) is 0 Å². The number of methoxy groups -OCH3 is 2. The Labute approximate surface area is 165 Å². The van der Waals surface area contributed by atoms with Gasteiger partial charge in [-0.15, -0.1) is 11.8 Å². The predicted octanol–water partition coefficient (Wildman–Crippen LogP) is 3.96. The number of thioether (sulfide) groups is 1.